The Morgan fingerprint density at radius 1 is 1.19 bits per heavy atom. The highest BCUT2D eigenvalue weighted by Gasteiger charge is 2.28. The number of aromatic nitrogens is 2. The molecular formula is C23H18ClN3O3S2. The molecule has 0 saturated carbocycles. The topological polar surface area (TPSA) is 70.2 Å². The second-order valence-electron chi connectivity index (χ2n) is 7.22. The van der Waals surface area contributed by atoms with Crippen LogP contribution in [0.1, 0.15) is 16.7 Å². The molecule has 1 aliphatic heterocycles. The van der Waals surface area contributed by atoms with E-state index in [1.807, 2.05) is 54.6 Å². The number of nitro groups is 1. The molecule has 0 spiro atoms. The van der Waals surface area contributed by atoms with Gasteiger partial charge in [-0.1, -0.05) is 41.9 Å². The fraction of sp³-hybridized carbons (Fsp3) is 0.174. The number of halogens is 1. The Labute approximate surface area is 198 Å². The van der Waals surface area contributed by atoms with Crippen LogP contribution in [0.15, 0.2) is 71.6 Å². The van der Waals surface area contributed by atoms with Crippen molar-refractivity contribution in [2.45, 2.75) is 16.1 Å². The molecule has 1 aliphatic rings. The Morgan fingerprint density at radius 2 is 1.97 bits per heavy atom. The van der Waals surface area contributed by atoms with Gasteiger partial charge in [-0.05, 0) is 29.8 Å². The number of nitrogens with zero attached hydrogens (tertiary/aromatic N) is 3. The monoisotopic (exact) mass is 483 g/mol. The number of hydrogen-bond acceptors (Lipinski definition) is 6. The van der Waals surface area contributed by atoms with Gasteiger partial charge in [-0.25, -0.2) is 4.68 Å². The highest BCUT2D eigenvalue weighted by molar-refractivity contribution is 7.99. The van der Waals surface area contributed by atoms with E-state index in [9.17, 15) is 10.1 Å². The van der Waals surface area contributed by atoms with E-state index < -0.39 is 0 Å². The molecule has 1 fully saturated rings. The molecule has 9 heteroatoms. The first kappa shape index (κ1) is 21.3. The fourth-order valence-electron chi connectivity index (χ4n) is 3.63. The van der Waals surface area contributed by atoms with Crippen molar-refractivity contribution in [3.8, 4) is 5.69 Å². The minimum absolute atomic E-state index is 0.0414. The number of ether oxygens (including phenoxy) is 1. The molecule has 2 heterocycles. The normalized spacial score (nSPS) is 16.0. The Hall–Kier alpha value is -2.52. The van der Waals surface area contributed by atoms with E-state index in [1.165, 1.54) is 0 Å². The van der Waals surface area contributed by atoms with Crippen LogP contribution in [-0.2, 0) is 10.5 Å². The van der Waals surface area contributed by atoms with E-state index in [4.69, 9.17) is 21.4 Å². The van der Waals surface area contributed by atoms with Gasteiger partial charge in [-0.3, -0.25) is 10.1 Å². The van der Waals surface area contributed by atoms with Gasteiger partial charge in [-0.2, -0.15) is 5.10 Å². The quantitative estimate of drug-likeness (QED) is 0.174. The Kier molecular flexibility index (Phi) is 6.10. The van der Waals surface area contributed by atoms with Gasteiger partial charge in [0.25, 0.3) is 5.69 Å². The van der Waals surface area contributed by atoms with Gasteiger partial charge in [0.15, 0.2) is 0 Å². The summed E-state index contributed by atoms with van der Waals surface area (Å²) >= 11 is 9.26. The van der Waals surface area contributed by atoms with Crippen molar-refractivity contribution >= 4 is 51.7 Å². The predicted octanol–water partition coefficient (Wildman–Crippen LogP) is 6.64. The van der Waals surface area contributed by atoms with Gasteiger partial charge < -0.3 is 4.74 Å². The van der Waals surface area contributed by atoms with Gasteiger partial charge >= 0.3 is 0 Å². The summed E-state index contributed by atoms with van der Waals surface area (Å²) in [6.07, 6.45) is 0. The van der Waals surface area contributed by atoms with Crippen molar-refractivity contribution in [2.75, 3.05) is 12.4 Å². The number of fused-ring (bicyclic) bond motifs is 1. The molecule has 1 saturated heterocycles. The number of rotatable bonds is 6. The first-order chi connectivity index (χ1) is 15.6. The molecule has 0 N–H and O–H groups in total. The highest BCUT2D eigenvalue weighted by atomic mass is 35.5. The van der Waals surface area contributed by atoms with Crippen molar-refractivity contribution in [1.29, 1.82) is 0 Å². The first-order valence-corrected chi connectivity index (χ1v) is 12.4. The standard InChI is InChI=1S/C23H18ClN3O3S2/c24-16-8-6-15(7-9-16)14-32-20-13-18(27(28)29)12-19-21(20)22(23-30-10-11-31-23)25-26(19)17-4-2-1-3-5-17/h1-9,12-13,23H,10-11,14H2/t23-/m0/s1. The lowest BCUT2D eigenvalue weighted by atomic mass is 10.2. The zero-order valence-electron chi connectivity index (χ0n) is 16.8. The Morgan fingerprint density at radius 3 is 2.66 bits per heavy atom. The third-order valence-corrected chi connectivity index (χ3v) is 7.55. The predicted molar refractivity (Wildman–Crippen MR) is 130 cm³/mol. The van der Waals surface area contributed by atoms with E-state index in [1.54, 1.807) is 40.3 Å². The van der Waals surface area contributed by atoms with Crippen LogP contribution in [0.3, 0.4) is 0 Å². The zero-order chi connectivity index (χ0) is 22.1. The van der Waals surface area contributed by atoms with Crippen LogP contribution in [0, 0.1) is 10.1 Å². The average Bonchev–Trinajstić information content (AvgIpc) is 3.47. The molecule has 0 amide bonds. The number of benzene rings is 3. The van der Waals surface area contributed by atoms with E-state index >= 15 is 0 Å². The second-order valence-corrected chi connectivity index (χ2v) is 9.84. The smallest absolute Gasteiger partial charge is 0.272 e. The molecule has 4 aromatic rings. The summed E-state index contributed by atoms with van der Waals surface area (Å²) in [7, 11) is 0. The SMILES string of the molecule is O=[N+]([O-])c1cc(SCc2ccc(Cl)cc2)c2c([C@H]3OCCS3)nn(-c3ccccc3)c2c1. The maximum atomic E-state index is 11.7. The Balaban J connectivity index is 1.67. The lowest BCUT2D eigenvalue weighted by Gasteiger charge is -2.09. The second kappa shape index (κ2) is 9.15. The van der Waals surface area contributed by atoms with Gasteiger partial charge in [0.1, 0.15) is 11.1 Å². The molecule has 0 unspecified atom stereocenters. The highest BCUT2D eigenvalue weighted by Crippen LogP contribution is 2.43. The van der Waals surface area contributed by atoms with E-state index in [0.717, 1.165) is 33.0 Å². The minimum atomic E-state index is -0.353. The molecule has 1 aromatic heterocycles. The van der Waals surface area contributed by atoms with Crippen LogP contribution in [0.4, 0.5) is 5.69 Å². The maximum absolute atomic E-state index is 11.7. The third kappa shape index (κ3) is 4.23. The third-order valence-electron chi connectivity index (χ3n) is 5.12. The Bertz CT molecular complexity index is 1270. The summed E-state index contributed by atoms with van der Waals surface area (Å²) < 4.78 is 7.72. The molecule has 0 bridgehead atoms. The number of thioether (sulfide) groups is 2. The number of nitro benzene ring substituents is 1. The summed E-state index contributed by atoms with van der Waals surface area (Å²) in [6.45, 7) is 0.662. The molecule has 3 aromatic carbocycles. The lowest BCUT2D eigenvalue weighted by Crippen LogP contribution is -1.99. The van der Waals surface area contributed by atoms with Gasteiger partial charge in [0.2, 0.25) is 0 Å². The van der Waals surface area contributed by atoms with Crippen molar-refractivity contribution in [1.82, 2.24) is 9.78 Å². The van der Waals surface area contributed by atoms with Crippen LogP contribution < -0.4 is 0 Å². The molecule has 0 aliphatic carbocycles. The molecule has 32 heavy (non-hydrogen) atoms. The minimum Gasteiger partial charge on any atom is -0.360 e. The fourth-order valence-corrected chi connectivity index (χ4v) is 5.75. The summed E-state index contributed by atoms with van der Waals surface area (Å²) in [5.41, 5.74) is 3.29. The molecule has 6 nitrogen and oxygen atoms in total. The van der Waals surface area contributed by atoms with Crippen LogP contribution in [0.25, 0.3) is 16.6 Å². The van der Waals surface area contributed by atoms with Crippen LogP contribution in [0.5, 0.6) is 0 Å². The van der Waals surface area contributed by atoms with Crippen LogP contribution in [0.2, 0.25) is 5.02 Å². The van der Waals surface area contributed by atoms with Crippen molar-refractivity contribution in [3.05, 3.63) is 93.1 Å². The summed E-state index contributed by atoms with van der Waals surface area (Å²) in [6, 6.07) is 20.5. The zero-order valence-corrected chi connectivity index (χ0v) is 19.2. The van der Waals surface area contributed by atoms with E-state index in [2.05, 4.69) is 0 Å². The van der Waals surface area contributed by atoms with Gasteiger partial charge in [0, 0.05) is 38.9 Å². The van der Waals surface area contributed by atoms with Crippen molar-refractivity contribution < 1.29 is 9.66 Å². The largest absolute Gasteiger partial charge is 0.360 e. The summed E-state index contributed by atoms with van der Waals surface area (Å²) in [5.74, 6) is 1.55. The van der Waals surface area contributed by atoms with Crippen LogP contribution >= 0.6 is 35.1 Å². The molecule has 5 rings (SSSR count). The van der Waals surface area contributed by atoms with E-state index in [0.29, 0.717) is 22.9 Å². The average molecular weight is 484 g/mol. The van der Waals surface area contributed by atoms with Crippen molar-refractivity contribution in [2.24, 2.45) is 0 Å². The van der Waals surface area contributed by atoms with Crippen LogP contribution in [-0.4, -0.2) is 27.1 Å². The number of non-ortho nitro benzene ring substituents is 1. The summed E-state index contributed by atoms with van der Waals surface area (Å²) in [4.78, 5) is 12.2. The van der Waals surface area contributed by atoms with Gasteiger partial charge in [-0.15, -0.1) is 23.5 Å². The number of para-hydroxylation sites is 1. The number of hydrogen-bond donors (Lipinski definition) is 0. The molecule has 1 atom stereocenters. The first-order valence-electron chi connectivity index (χ1n) is 9.97. The lowest BCUT2D eigenvalue weighted by molar-refractivity contribution is -0.384. The molecular weight excluding hydrogens is 466 g/mol. The van der Waals surface area contributed by atoms with Crippen molar-refractivity contribution in [3.63, 3.8) is 0 Å². The van der Waals surface area contributed by atoms with Gasteiger partial charge in [0.05, 0.1) is 22.7 Å². The van der Waals surface area contributed by atoms with E-state index in [-0.39, 0.29) is 16.0 Å². The maximum Gasteiger partial charge on any atom is 0.272 e. The molecule has 162 valence electrons. The summed E-state index contributed by atoms with van der Waals surface area (Å²) in [5, 5.41) is 18.2. The molecule has 0 radical (unpaired) electrons.